The van der Waals surface area contributed by atoms with Crippen LogP contribution in [0.15, 0.2) is 0 Å². The van der Waals surface area contributed by atoms with Crippen molar-refractivity contribution < 1.29 is 23.1 Å². The van der Waals surface area contributed by atoms with Crippen LogP contribution in [0.2, 0.25) is 0 Å². The molecule has 0 fully saturated rings. The average Bonchev–Trinajstić information content (AvgIpc) is 2.11. The van der Waals surface area contributed by atoms with Gasteiger partial charge in [0.15, 0.2) is 0 Å². The van der Waals surface area contributed by atoms with Crippen LogP contribution in [-0.2, 0) is 19.6 Å². The van der Waals surface area contributed by atoms with E-state index in [-0.39, 0.29) is 24.4 Å². The Bertz CT molecular complexity index is 397. The van der Waals surface area contributed by atoms with Gasteiger partial charge in [-0.1, -0.05) is 0 Å². The van der Waals surface area contributed by atoms with Crippen molar-refractivity contribution in [3.05, 3.63) is 0 Å². The van der Waals surface area contributed by atoms with Crippen LogP contribution in [-0.4, -0.2) is 43.2 Å². The van der Waals surface area contributed by atoms with Gasteiger partial charge in [0.2, 0.25) is 15.9 Å². The highest BCUT2D eigenvalue weighted by atomic mass is 32.2. The summed E-state index contributed by atoms with van der Waals surface area (Å²) in [5.41, 5.74) is -0.362. The van der Waals surface area contributed by atoms with Crippen molar-refractivity contribution in [2.45, 2.75) is 39.2 Å². The van der Waals surface area contributed by atoms with E-state index in [1.54, 1.807) is 0 Å². The van der Waals surface area contributed by atoms with E-state index in [0.29, 0.717) is 0 Å². The van der Waals surface area contributed by atoms with Gasteiger partial charge >= 0.3 is 5.97 Å². The number of hydrogen-bond donors (Lipinski definition) is 3. The highest BCUT2D eigenvalue weighted by molar-refractivity contribution is 7.89. The van der Waals surface area contributed by atoms with Crippen molar-refractivity contribution in [3.8, 4) is 0 Å². The highest BCUT2D eigenvalue weighted by Gasteiger charge is 2.15. The molecule has 3 N–H and O–H groups in total. The molecule has 7 nitrogen and oxygen atoms in total. The zero-order chi connectivity index (χ0) is 14.4. The standard InChI is InChI=1S/C10H20N2O5S/c1-10(2,3)12-8(13)4-6-11-18(16,17)7-5-9(14)15/h11H,4-7H2,1-3H3,(H,12,13)(H,14,15). The third-order valence-corrected chi connectivity index (χ3v) is 3.16. The summed E-state index contributed by atoms with van der Waals surface area (Å²) in [6.07, 6.45) is -0.437. The highest BCUT2D eigenvalue weighted by Crippen LogP contribution is 1.99. The Kier molecular flexibility index (Phi) is 6.27. The SMILES string of the molecule is CC(C)(C)NC(=O)CCNS(=O)(=O)CCC(=O)O. The van der Waals surface area contributed by atoms with E-state index in [1.165, 1.54) is 0 Å². The topological polar surface area (TPSA) is 113 Å². The number of carbonyl (C=O) groups is 2. The molecule has 0 unspecified atom stereocenters. The third-order valence-electron chi connectivity index (χ3n) is 1.77. The molecule has 0 radical (unpaired) electrons. The number of nitrogens with one attached hydrogen (secondary N) is 2. The minimum Gasteiger partial charge on any atom is -0.481 e. The van der Waals surface area contributed by atoms with Gasteiger partial charge in [0.25, 0.3) is 0 Å². The van der Waals surface area contributed by atoms with E-state index in [9.17, 15) is 18.0 Å². The van der Waals surface area contributed by atoms with Crippen LogP contribution in [0.25, 0.3) is 0 Å². The van der Waals surface area contributed by atoms with Crippen LogP contribution in [0.3, 0.4) is 0 Å². The molecule has 0 aromatic carbocycles. The number of sulfonamides is 1. The van der Waals surface area contributed by atoms with Crippen LogP contribution in [0, 0.1) is 0 Å². The molecular formula is C10H20N2O5S. The second-order valence-corrected chi connectivity index (χ2v) is 6.83. The molecule has 106 valence electrons. The van der Waals surface area contributed by atoms with Gasteiger partial charge in [-0.2, -0.15) is 0 Å². The maximum atomic E-state index is 11.4. The summed E-state index contributed by atoms with van der Waals surface area (Å²) in [5.74, 6) is -1.92. The number of carboxylic acids is 1. The maximum Gasteiger partial charge on any atom is 0.304 e. The summed E-state index contributed by atoms with van der Waals surface area (Å²) in [5, 5.41) is 11.0. The Balaban J connectivity index is 3.97. The van der Waals surface area contributed by atoms with Crippen LogP contribution in [0.1, 0.15) is 33.6 Å². The van der Waals surface area contributed by atoms with E-state index < -0.39 is 28.2 Å². The summed E-state index contributed by atoms with van der Waals surface area (Å²) in [7, 11) is -3.63. The number of aliphatic carboxylic acids is 1. The van der Waals surface area contributed by atoms with Crippen molar-refractivity contribution in [1.82, 2.24) is 10.0 Å². The van der Waals surface area contributed by atoms with E-state index in [4.69, 9.17) is 5.11 Å². The second-order valence-electron chi connectivity index (χ2n) is 4.91. The Morgan fingerprint density at radius 3 is 2.17 bits per heavy atom. The van der Waals surface area contributed by atoms with Gasteiger partial charge in [0.1, 0.15) is 0 Å². The quantitative estimate of drug-likeness (QED) is 0.592. The third kappa shape index (κ3) is 10.0. The second kappa shape index (κ2) is 6.69. The first kappa shape index (κ1) is 16.9. The summed E-state index contributed by atoms with van der Waals surface area (Å²) in [6, 6.07) is 0. The van der Waals surface area contributed by atoms with Crippen molar-refractivity contribution in [2.24, 2.45) is 0 Å². The van der Waals surface area contributed by atoms with Gasteiger partial charge in [-0.25, -0.2) is 13.1 Å². The van der Waals surface area contributed by atoms with Crippen LogP contribution in [0.5, 0.6) is 0 Å². The zero-order valence-electron chi connectivity index (χ0n) is 10.8. The fraction of sp³-hybridized carbons (Fsp3) is 0.800. The first-order valence-electron chi connectivity index (χ1n) is 5.52. The lowest BCUT2D eigenvalue weighted by Crippen LogP contribution is -2.42. The molecular weight excluding hydrogens is 260 g/mol. The van der Waals surface area contributed by atoms with Crippen LogP contribution in [0.4, 0.5) is 0 Å². The van der Waals surface area contributed by atoms with Gasteiger partial charge in [-0.15, -0.1) is 0 Å². The predicted molar refractivity (Wildman–Crippen MR) is 66.6 cm³/mol. The number of hydrogen-bond acceptors (Lipinski definition) is 4. The van der Waals surface area contributed by atoms with E-state index in [0.717, 1.165) is 0 Å². The molecule has 0 aromatic heterocycles. The fourth-order valence-electron chi connectivity index (χ4n) is 1.09. The molecule has 0 bridgehead atoms. The first-order chi connectivity index (χ1) is 8.02. The van der Waals surface area contributed by atoms with Crippen LogP contribution >= 0.6 is 0 Å². The molecule has 0 aromatic rings. The smallest absolute Gasteiger partial charge is 0.304 e. The fourth-order valence-corrected chi connectivity index (χ4v) is 2.10. The van der Waals surface area contributed by atoms with E-state index in [2.05, 4.69) is 10.0 Å². The summed E-state index contributed by atoms with van der Waals surface area (Å²) >= 11 is 0. The van der Waals surface area contributed by atoms with E-state index >= 15 is 0 Å². The number of amides is 1. The Hall–Kier alpha value is -1.15. The molecule has 0 aliphatic rings. The number of carbonyl (C=O) groups excluding carboxylic acids is 1. The average molecular weight is 280 g/mol. The molecule has 0 heterocycles. The molecule has 1 amide bonds. The summed E-state index contributed by atoms with van der Waals surface area (Å²) in [4.78, 5) is 21.6. The Labute approximate surface area is 107 Å². The minimum atomic E-state index is -3.63. The number of carboxylic acid groups (broad SMARTS) is 1. The van der Waals surface area contributed by atoms with Crippen molar-refractivity contribution in [2.75, 3.05) is 12.3 Å². The summed E-state index contributed by atoms with van der Waals surface area (Å²) in [6.45, 7) is 5.43. The van der Waals surface area contributed by atoms with Gasteiger partial charge in [-0.05, 0) is 20.8 Å². The molecule has 8 heteroatoms. The molecule has 0 atom stereocenters. The first-order valence-corrected chi connectivity index (χ1v) is 7.17. The van der Waals surface area contributed by atoms with Gasteiger partial charge in [0, 0.05) is 18.5 Å². The molecule has 0 aliphatic carbocycles. The molecule has 0 saturated carbocycles. The van der Waals surface area contributed by atoms with Crippen molar-refractivity contribution >= 4 is 21.9 Å². The Morgan fingerprint density at radius 2 is 1.72 bits per heavy atom. The minimum absolute atomic E-state index is 0.0174. The molecule has 0 spiro atoms. The number of rotatable bonds is 7. The van der Waals surface area contributed by atoms with Crippen LogP contribution < -0.4 is 10.0 Å². The zero-order valence-corrected chi connectivity index (χ0v) is 11.6. The lowest BCUT2D eigenvalue weighted by Gasteiger charge is -2.20. The molecule has 0 rings (SSSR count). The lowest BCUT2D eigenvalue weighted by atomic mass is 10.1. The molecule has 0 saturated heterocycles. The monoisotopic (exact) mass is 280 g/mol. The van der Waals surface area contributed by atoms with Gasteiger partial charge < -0.3 is 10.4 Å². The molecule has 18 heavy (non-hydrogen) atoms. The maximum absolute atomic E-state index is 11.4. The molecule has 0 aliphatic heterocycles. The summed E-state index contributed by atoms with van der Waals surface area (Å²) < 4.78 is 24.8. The largest absolute Gasteiger partial charge is 0.481 e. The van der Waals surface area contributed by atoms with Gasteiger partial charge in [0.05, 0.1) is 12.2 Å². The van der Waals surface area contributed by atoms with Crippen molar-refractivity contribution in [3.63, 3.8) is 0 Å². The normalized spacial score (nSPS) is 12.2. The predicted octanol–water partition coefficient (Wildman–Crippen LogP) is -0.315. The lowest BCUT2D eigenvalue weighted by molar-refractivity contribution is -0.136. The van der Waals surface area contributed by atoms with Crippen molar-refractivity contribution in [1.29, 1.82) is 0 Å². The van der Waals surface area contributed by atoms with E-state index in [1.807, 2.05) is 20.8 Å². The van der Waals surface area contributed by atoms with Gasteiger partial charge in [-0.3, -0.25) is 9.59 Å². The Morgan fingerprint density at radius 1 is 1.17 bits per heavy atom.